The third-order valence-corrected chi connectivity index (χ3v) is 12.4. The first-order valence-corrected chi connectivity index (χ1v) is 29.9. The maximum atomic E-state index is 12.3. The third-order valence-electron chi connectivity index (χ3n) is 12.4. The van der Waals surface area contributed by atoms with Gasteiger partial charge in [0.05, 0.1) is 6.61 Å². The number of carbonyl (C=O) groups excluding carboxylic acids is 2. The molecule has 5 nitrogen and oxygen atoms in total. The highest BCUT2D eigenvalue weighted by molar-refractivity contribution is 5.70. The minimum absolute atomic E-state index is 0.0816. The Bertz CT molecular complexity index is 1560. The molecular weight excluding hydrogens is 897 g/mol. The Morgan fingerprint density at radius 1 is 0.329 bits per heavy atom. The monoisotopic (exact) mass is 1010 g/mol. The predicted molar refractivity (Wildman–Crippen MR) is 320 cm³/mol. The van der Waals surface area contributed by atoms with Gasteiger partial charge in [-0.3, -0.25) is 9.59 Å². The zero-order valence-electron chi connectivity index (χ0n) is 47.1. The summed E-state index contributed by atoms with van der Waals surface area (Å²) in [4.78, 5) is 24.5. The quantitative estimate of drug-likeness (QED) is 0.0373. The van der Waals surface area contributed by atoms with Gasteiger partial charge in [0.15, 0.2) is 6.10 Å². The Labute approximate surface area is 450 Å². The molecule has 5 heteroatoms. The molecule has 1 N–H and O–H groups in total. The molecule has 0 bridgehead atoms. The van der Waals surface area contributed by atoms with Crippen molar-refractivity contribution in [2.45, 2.75) is 258 Å². The van der Waals surface area contributed by atoms with Crippen molar-refractivity contribution in [3.63, 3.8) is 0 Å². The van der Waals surface area contributed by atoms with Crippen LogP contribution < -0.4 is 0 Å². The van der Waals surface area contributed by atoms with Crippen LogP contribution in [0.4, 0.5) is 0 Å². The van der Waals surface area contributed by atoms with E-state index in [-0.39, 0.29) is 25.2 Å². The zero-order valence-corrected chi connectivity index (χ0v) is 47.1. The van der Waals surface area contributed by atoms with Gasteiger partial charge in [0.25, 0.3) is 0 Å². The summed E-state index contributed by atoms with van der Waals surface area (Å²) in [5.41, 5.74) is 0. The van der Waals surface area contributed by atoms with Crippen LogP contribution in [0.15, 0.2) is 146 Å². The fraction of sp³-hybridized carbons (Fsp3) is 0.618. The van der Waals surface area contributed by atoms with Crippen LogP contribution in [0.5, 0.6) is 0 Å². The molecular formula is C68H110O5. The van der Waals surface area contributed by atoms with Crippen molar-refractivity contribution in [2.24, 2.45) is 0 Å². The molecule has 0 aromatic heterocycles. The van der Waals surface area contributed by atoms with E-state index in [9.17, 15) is 14.7 Å². The second-order valence-electron chi connectivity index (χ2n) is 19.3. The first kappa shape index (κ1) is 68.8. The molecule has 0 amide bonds. The molecule has 0 fully saturated rings. The van der Waals surface area contributed by atoms with E-state index in [1.165, 1.54) is 96.3 Å². The number of allylic oxidation sites excluding steroid dienone is 24. The molecule has 0 radical (unpaired) electrons. The number of esters is 2. The lowest BCUT2D eigenvalue weighted by molar-refractivity contribution is -0.161. The first-order valence-electron chi connectivity index (χ1n) is 29.9. The lowest BCUT2D eigenvalue weighted by Crippen LogP contribution is -2.28. The summed E-state index contributed by atoms with van der Waals surface area (Å²) in [6, 6.07) is 0. The predicted octanol–water partition coefficient (Wildman–Crippen LogP) is 20.6. The zero-order chi connectivity index (χ0) is 52.7. The van der Waals surface area contributed by atoms with Gasteiger partial charge in [0.1, 0.15) is 6.61 Å². The van der Waals surface area contributed by atoms with E-state index >= 15 is 0 Å². The summed E-state index contributed by atoms with van der Waals surface area (Å²) in [7, 11) is 0. The topological polar surface area (TPSA) is 72.8 Å². The Balaban J connectivity index is 3.66. The highest BCUT2D eigenvalue weighted by atomic mass is 16.6. The molecule has 0 saturated heterocycles. The van der Waals surface area contributed by atoms with Crippen LogP contribution in [-0.4, -0.2) is 36.4 Å². The summed E-state index contributed by atoms with van der Waals surface area (Å²) < 4.78 is 10.7. The maximum Gasteiger partial charge on any atom is 0.306 e. The number of hydrogen-bond donors (Lipinski definition) is 1. The van der Waals surface area contributed by atoms with E-state index in [2.05, 4.69) is 160 Å². The SMILES string of the molecule is CC/C=C\C/C=C\C/C=C\C/C=C\C/C=C\C/C=C\C/C=C\C/C=C\C/C=C\C/C=C\C/C=C\C/C=C\CCCCCCC(=O)OC(CO)COC(=O)CCCCCCCCCCCCCCCCCCCC. The molecule has 73 heavy (non-hydrogen) atoms. The fourth-order valence-corrected chi connectivity index (χ4v) is 7.95. The van der Waals surface area contributed by atoms with Gasteiger partial charge in [-0.2, -0.15) is 0 Å². The average Bonchev–Trinajstić information content (AvgIpc) is 3.39. The number of aliphatic hydroxyl groups excluding tert-OH is 1. The summed E-state index contributed by atoms with van der Waals surface area (Å²) in [6.07, 6.45) is 93.9. The van der Waals surface area contributed by atoms with E-state index in [4.69, 9.17) is 9.47 Å². The van der Waals surface area contributed by atoms with Crippen molar-refractivity contribution in [3.05, 3.63) is 146 Å². The van der Waals surface area contributed by atoms with Gasteiger partial charge < -0.3 is 14.6 Å². The van der Waals surface area contributed by atoms with Crippen molar-refractivity contribution in [2.75, 3.05) is 13.2 Å². The highest BCUT2D eigenvalue weighted by Gasteiger charge is 2.16. The molecule has 0 aromatic rings. The van der Waals surface area contributed by atoms with Crippen molar-refractivity contribution in [1.29, 1.82) is 0 Å². The number of carbonyl (C=O) groups is 2. The lowest BCUT2D eigenvalue weighted by Gasteiger charge is -2.15. The van der Waals surface area contributed by atoms with Crippen molar-refractivity contribution < 1.29 is 24.2 Å². The number of unbranched alkanes of at least 4 members (excludes halogenated alkanes) is 21. The normalized spacial score (nSPS) is 13.3. The molecule has 0 spiro atoms. The molecule has 1 atom stereocenters. The van der Waals surface area contributed by atoms with Crippen LogP contribution >= 0.6 is 0 Å². The maximum absolute atomic E-state index is 12.3. The first-order chi connectivity index (χ1) is 36.1. The summed E-state index contributed by atoms with van der Waals surface area (Å²) in [5.74, 6) is -0.622. The van der Waals surface area contributed by atoms with E-state index in [1.807, 2.05) is 0 Å². The minimum Gasteiger partial charge on any atom is -0.462 e. The Kier molecular flexibility index (Phi) is 58.5. The van der Waals surface area contributed by atoms with E-state index < -0.39 is 6.10 Å². The van der Waals surface area contributed by atoms with Crippen molar-refractivity contribution in [1.82, 2.24) is 0 Å². The third kappa shape index (κ3) is 60.2. The summed E-state index contributed by atoms with van der Waals surface area (Å²) >= 11 is 0. The van der Waals surface area contributed by atoms with E-state index in [0.29, 0.717) is 12.8 Å². The molecule has 0 saturated carbocycles. The van der Waals surface area contributed by atoms with Gasteiger partial charge in [0, 0.05) is 12.8 Å². The molecule has 0 aliphatic heterocycles. The van der Waals surface area contributed by atoms with Gasteiger partial charge in [-0.15, -0.1) is 0 Å². The van der Waals surface area contributed by atoms with E-state index in [0.717, 1.165) is 128 Å². The van der Waals surface area contributed by atoms with Crippen molar-refractivity contribution in [3.8, 4) is 0 Å². The molecule has 0 heterocycles. The smallest absolute Gasteiger partial charge is 0.306 e. The lowest BCUT2D eigenvalue weighted by atomic mass is 10.0. The standard InChI is InChI=1S/C68H110O5/c1-3-5-7-9-11-13-15-17-19-21-23-24-25-26-27-28-29-30-31-32-33-34-35-36-37-38-39-40-41-42-43-44-45-47-49-51-53-55-57-59-61-63-68(71)73-66(64-69)65-72-67(70)62-60-58-56-54-52-50-48-46-22-20-18-16-14-12-10-8-6-4-2/h5,7,11,13,17,19,23-24,26-27,29-30,32-33,35-36,38-39,41-42,44-45,49,51,66,69H,3-4,6,8-10,12,14-16,18,20-22,25,28,31,34,37,40,43,46-48,50,52-65H2,1-2H3/b7-5-,13-11-,19-17-,24-23-,27-26-,30-29-,33-32-,36-35-,39-38-,42-41-,45-44-,51-49-. The van der Waals surface area contributed by atoms with Gasteiger partial charge in [-0.05, 0) is 103 Å². The number of hydrogen-bond acceptors (Lipinski definition) is 5. The van der Waals surface area contributed by atoms with E-state index in [1.54, 1.807) is 0 Å². The number of rotatable bonds is 53. The molecule has 0 rings (SSSR count). The molecule has 0 aliphatic carbocycles. The Morgan fingerprint density at radius 3 is 0.890 bits per heavy atom. The number of ether oxygens (including phenoxy) is 2. The van der Waals surface area contributed by atoms with Crippen LogP contribution in [-0.2, 0) is 19.1 Å². The summed E-state index contributed by atoms with van der Waals surface area (Å²) in [6.45, 7) is 4.01. The average molecular weight is 1010 g/mol. The fourth-order valence-electron chi connectivity index (χ4n) is 7.95. The Morgan fingerprint density at radius 2 is 0.589 bits per heavy atom. The minimum atomic E-state index is -0.794. The van der Waals surface area contributed by atoms with Gasteiger partial charge >= 0.3 is 11.9 Å². The van der Waals surface area contributed by atoms with Crippen LogP contribution in [0.3, 0.4) is 0 Å². The van der Waals surface area contributed by atoms with Crippen molar-refractivity contribution >= 4 is 11.9 Å². The van der Waals surface area contributed by atoms with Crippen LogP contribution in [0.2, 0.25) is 0 Å². The van der Waals surface area contributed by atoms with Gasteiger partial charge in [0.2, 0.25) is 0 Å². The molecule has 0 aliphatic rings. The second-order valence-corrected chi connectivity index (χ2v) is 19.3. The number of aliphatic hydroxyl groups is 1. The molecule has 0 aromatic carbocycles. The van der Waals surface area contributed by atoms with Crippen LogP contribution in [0.25, 0.3) is 0 Å². The largest absolute Gasteiger partial charge is 0.462 e. The highest BCUT2D eigenvalue weighted by Crippen LogP contribution is 2.15. The molecule has 412 valence electrons. The van der Waals surface area contributed by atoms with Gasteiger partial charge in [-0.1, -0.05) is 282 Å². The second kappa shape index (κ2) is 62.1. The molecule has 1 unspecified atom stereocenters. The Hall–Kier alpha value is -4.22. The summed E-state index contributed by atoms with van der Waals surface area (Å²) in [5, 5.41) is 9.65. The van der Waals surface area contributed by atoms with Gasteiger partial charge in [-0.25, -0.2) is 0 Å². The van der Waals surface area contributed by atoms with Crippen LogP contribution in [0.1, 0.15) is 251 Å². The van der Waals surface area contributed by atoms with Crippen LogP contribution in [0, 0.1) is 0 Å².